The van der Waals surface area contributed by atoms with Gasteiger partial charge in [0.2, 0.25) is 0 Å². The van der Waals surface area contributed by atoms with Gasteiger partial charge in [0.25, 0.3) is 0 Å². The summed E-state index contributed by atoms with van der Waals surface area (Å²) in [4.78, 5) is 2.56. The van der Waals surface area contributed by atoms with E-state index in [0.29, 0.717) is 0 Å². The lowest BCUT2D eigenvalue weighted by molar-refractivity contribution is 0.322. The minimum absolute atomic E-state index is 0.731. The monoisotopic (exact) mass is 257 g/mol. The van der Waals surface area contributed by atoms with Crippen molar-refractivity contribution in [3.8, 4) is 6.07 Å². The van der Waals surface area contributed by atoms with Crippen molar-refractivity contribution in [2.75, 3.05) is 26.2 Å². The van der Waals surface area contributed by atoms with Crippen LogP contribution in [0.15, 0.2) is 24.3 Å². The van der Waals surface area contributed by atoms with Crippen molar-refractivity contribution in [2.24, 2.45) is 5.92 Å². The summed E-state index contributed by atoms with van der Waals surface area (Å²) in [6.45, 7) is 7.99. The molecule has 1 fully saturated rings. The van der Waals surface area contributed by atoms with E-state index >= 15 is 0 Å². The quantitative estimate of drug-likeness (QED) is 0.850. The van der Waals surface area contributed by atoms with Crippen LogP contribution >= 0.6 is 0 Å². The molecule has 0 aromatic heterocycles. The van der Waals surface area contributed by atoms with Crippen molar-refractivity contribution < 1.29 is 0 Å². The Labute approximate surface area is 116 Å². The second kappa shape index (κ2) is 7.28. The molecule has 1 aromatic rings. The van der Waals surface area contributed by atoms with Crippen LogP contribution in [-0.4, -0.2) is 31.1 Å². The third kappa shape index (κ3) is 4.34. The third-order valence-electron chi connectivity index (χ3n) is 3.75. The summed E-state index contributed by atoms with van der Waals surface area (Å²) in [5.74, 6) is 0.796. The van der Waals surface area contributed by atoms with Crippen molar-refractivity contribution in [1.82, 2.24) is 10.2 Å². The molecule has 19 heavy (non-hydrogen) atoms. The first kappa shape index (κ1) is 14.0. The first-order chi connectivity index (χ1) is 9.31. The van der Waals surface area contributed by atoms with Crippen LogP contribution in [-0.2, 0) is 6.54 Å². The number of hydrogen-bond donors (Lipinski definition) is 1. The number of nitrogens with zero attached hydrogens (tertiary/aromatic N) is 2. The normalized spacial score (nSPS) is 19.5. The molecule has 0 radical (unpaired) electrons. The number of likely N-dealkylation sites (tertiary alicyclic amines) is 1. The van der Waals surface area contributed by atoms with Crippen LogP contribution in [0.1, 0.15) is 30.9 Å². The van der Waals surface area contributed by atoms with Crippen LogP contribution in [0.2, 0.25) is 0 Å². The highest BCUT2D eigenvalue weighted by Crippen LogP contribution is 2.15. The fourth-order valence-corrected chi connectivity index (χ4v) is 2.72. The molecule has 1 N–H and O–H groups in total. The number of nitriles is 1. The minimum atomic E-state index is 0.731. The Morgan fingerprint density at radius 1 is 1.37 bits per heavy atom. The van der Waals surface area contributed by atoms with E-state index in [4.69, 9.17) is 5.26 Å². The zero-order valence-electron chi connectivity index (χ0n) is 11.7. The molecule has 1 unspecified atom stereocenters. The maximum Gasteiger partial charge on any atom is 0.0991 e. The molecule has 2 rings (SSSR count). The van der Waals surface area contributed by atoms with Gasteiger partial charge in [-0.15, -0.1) is 0 Å². The molecule has 1 aromatic carbocycles. The van der Waals surface area contributed by atoms with Crippen molar-refractivity contribution in [3.63, 3.8) is 0 Å². The predicted octanol–water partition coefficient (Wildman–Crippen LogP) is 2.38. The van der Waals surface area contributed by atoms with E-state index in [1.54, 1.807) is 0 Å². The van der Waals surface area contributed by atoms with Crippen molar-refractivity contribution in [2.45, 2.75) is 26.3 Å². The molecule has 1 heterocycles. The van der Waals surface area contributed by atoms with Gasteiger partial charge in [0.15, 0.2) is 0 Å². The second-order valence-corrected chi connectivity index (χ2v) is 5.39. The summed E-state index contributed by atoms with van der Waals surface area (Å²) in [5.41, 5.74) is 1.98. The number of nitrogens with one attached hydrogen (secondary N) is 1. The molecule has 1 aliphatic heterocycles. The highest BCUT2D eigenvalue weighted by atomic mass is 15.1. The smallest absolute Gasteiger partial charge is 0.0991 e. The molecule has 0 amide bonds. The summed E-state index contributed by atoms with van der Waals surface area (Å²) in [6, 6.07) is 9.98. The standard InChI is InChI=1S/C16H23N3/c1-2-8-19-9-7-16(13-19)12-18-11-15-5-3-14(10-17)4-6-15/h3-6,16,18H,2,7-9,11-13H2,1H3. The van der Waals surface area contributed by atoms with Crippen molar-refractivity contribution >= 4 is 0 Å². The Balaban J connectivity index is 1.68. The summed E-state index contributed by atoms with van der Waals surface area (Å²) in [7, 11) is 0. The summed E-state index contributed by atoms with van der Waals surface area (Å²) >= 11 is 0. The van der Waals surface area contributed by atoms with E-state index in [2.05, 4.69) is 23.2 Å². The molecule has 1 atom stereocenters. The van der Waals surface area contributed by atoms with Crippen LogP contribution in [0.5, 0.6) is 0 Å². The van der Waals surface area contributed by atoms with E-state index in [9.17, 15) is 0 Å². The van der Waals surface area contributed by atoms with E-state index in [0.717, 1.165) is 24.6 Å². The van der Waals surface area contributed by atoms with E-state index < -0.39 is 0 Å². The van der Waals surface area contributed by atoms with Gasteiger partial charge < -0.3 is 10.2 Å². The van der Waals surface area contributed by atoms with Gasteiger partial charge >= 0.3 is 0 Å². The average molecular weight is 257 g/mol. The molecule has 0 aliphatic carbocycles. The maximum absolute atomic E-state index is 8.75. The molecular weight excluding hydrogens is 234 g/mol. The van der Waals surface area contributed by atoms with Crippen LogP contribution in [0, 0.1) is 17.2 Å². The van der Waals surface area contributed by atoms with E-state index in [-0.39, 0.29) is 0 Å². The molecule has 102 valence electrons. The highest BCUT2D eigenvalue weighted by Gasteiger charge is 2.20. The number of hydrogen-bond acceptors (Lipinski definition) is 3. The zero-order chi connectivity index (χ0) is 13.5. The van der Waals surface area contributed by atoms with Gasteiger partial charge in [0.1, 0.15) is 0 Å². The second-order valence-electron chi connectivity index (χ2n) is 5.39. The highest BCUT2D eigenvalue weighted by molar-refractivity contribution is 5.31. The summed E-state index contributed by atoms with van der Waals surface area (Å²) in [6.07, 6.45) is 2.58. The molecular formula is C16H23N3. The lowest BCUT2D eigenvalue weighted by Crippen LogP contribution is -2.26. The average Bonchev–Trinajstić information content (AvgIpc) is 2.88. The first-order valence-electron chi connectivity index (χ1n) is 7.24. The van der Waals surface area contributed by atoms with Gasteiger partial charge in [-0.2, -0.15) is 5.26 Å². The van der Waals surface area contributed by atoms with E-state index in [1.165, 1.54) is 38.0 Å². The number of benzene rings is 1. The molecule has 3 nitrogen and oxygen atoms in total. The summed E-state index contributed by atoms with van der Waals surface area (Å²) in [5, 5.41) is 12.3. The molecule has 1 saturated heterocycles. The number of rotatable bonds is 6. The Kier molecular flexibility index (Phi) is 5.38. The van der Waals surface area contributed by atoms with Crippen LogP contribution in [0.3, 0.4) is 0 Å². The summed E-state index contributed by atoms with van der Waals surface area (Å²) < 4.78 is 0. The maximum atomic E-state index is 8.75. The zero-order valence-corrected chi connectivity index (χ0v) is 11.7. The SMILES string of the molecule is CCCN1CCC(CNCc2ccc(C#N)cc2)C1. The Morgan fingerprint density at radius 2 is 2.16 bits per heavy atom. The fourth-order valence-electron chi connectivity index (χ4n) is 2.72. The Hall–Kier alpha value is -1.37. The van der Waals surface area contributed by atoms with Gasteiger partial charge in [-0.05, 0) is 56.1 Å². The Bertz CT molecular complexity index is 419. The lowest BCUT2D eigenvalue weighted by Gasteiger charge is -2.15. The predicted molar refractivity (Wildman–Crippen MR) is 77.7 cm³/mol. The van der Waals surface area contributed by atoms with Crippen LogP contribution in [0.4, 0.5) is 0 Å². The molecule has 0 spiro atoms. The van der Waals surface area contributed by atoms with Gasteiger partial charge in [-0.25, -0.2) is 0 Å². The van der Waals surface area contributed by atoms with Crippen LogP contribution < -0.4 is 5.32 Å². The van der Waals surface area contributed by atoms with Crippen molar-refractivity contribution in [3.05, 3.63) is 35.4 Å². The fraction of sp³-hybridized carbons (Fsp3) is 0.562. The topological polar surface area (TPSA) is 39.1 Å². The Morgan fingerprint density at radius 3 is 2.84 bits per heavy atom. The minimum Gasteiger partial charge on any atom is -0.312 e. The van der Waals surface area contributed by atoms with Gasteiger partial charge in [0.05, 0.1) is 11.6 Å². The molecule has 0 bridgehead atoms. The lowest BCUT2D eigenvalue weighted by atomic mass is 10.1. The van der Waals surface area contributed by atoms with Crippen LogP contribution in [0.25, 0.3) is 0 Å². The van der Waals surface area contributed by atoms with Gasteiger partial charge in [-0.1, -0.05) is 19.1 Å². The molecule has 3 heteroatoms. The first-order valence-corrected chi connectivity index (χ1v) is 7.24. The van der Waals surface area contributed by atoms with Gasteiger partial charge in [0, 0.05) is 13.1 Å². The largest absolute Gasteiger partial charge is 0.312 e. The molecule has 0 saturated carbocycles. The van der Waals surface area contributed by atoms with Crippen molar-refractivity contribution in [1.29, 1.82) is 5.26 Å². The van der Waals surface area contributed by atoms with E-state index in [1.807, 2.05) is 24.3 Å². The van der Waals surface area contributed by atoms with Gasteiger partial charge in [-0.3, -0.25) is 0 Å². The third-order valence-corrected chi connectivity index (χ3v) is 3.75. The molecule has 1 aliphatic rings.